The summed E-state index contributed by atoms with van der Waals surface area (Å²) in [6.07, 6.45) is 0.882. The van der Waals surface area contributed by atoms with Crippen LogP contribution in [0.4, 0.5) is 5.69 Å². The topological polar surface area (TPSA) is 97.1 Å². The van der Waals surface area contributed by atoms with E-state index in [1.807, 2.05) is 26.0 Å². The highest BCUT2D eigenvalue weighted by atomic mass is 16.6. The van der Waals surface area contributed by atoms with Gasteiger partial charge in [0.05, 0.1) is 24.2 Å². The Bertz CT molecular complexity index is 910. The number of nitrogens with zero attached hydrogens (tertiary/aromatic N) is 1. The zero-order chi connectivity index (χ0) is 20.3. The van der Waals surface area contributed by atoms with Crippen LogP contribution in [0, 0.1) is 10.1 Å². The molecular weight excluding hydrogens is 366 g/mol. The third-order valence-electron chi connectivity index (χ3n) is 4.35. The second-order valence-corrected chi connectivity index (χ2v) is 6.35. The fourth-order valence-electron chi connectivity index (χ4n) is 3.07. The van der Waals surface area contributed by atoms with Crippen molar-refractivity contribution in [3.05, 3.63) is 57.1 Å². The molecule has 1 atom stereocenters. The van der Waals surface area contributed by atoms with Crippen molar-refractivity contribution in [3.8, 4) is 17.2 Å². The Morgan fingerprint density at radius 3 is 2.75 bits per heavy atom. The number of methoxy groups -OCH3 is 1. The number of ether oxygens (including phenoxy) is 4. The Kier molecular flexibility index (Phi) is 5.67. The molecule has 0 radical (unpaired) electrons. The molecule has 1 unspecified atom stereocenters. The van der Waals surface area contributed by atoms with Gasteiger partial charge in [-0.05, 0) is 38.1 Å². The Labute approximate surface area is 162 Å². The highest BCUT2D eigenvalue weighted by Gasteiger charge is 2.23. The third-order valence-corrected chi connectivity index (χ3v) is 4.35. The molecule has 0 amide bonds. The monoisotopic (exact) mass is 387 g/mol. The Balaban J connectivity index is 1.79. The number of esters is 1. The summed E-state index contributed by atoms with van der Waals surface area (Å²) in [4.78, 5) is 22.9. The van der Waals surface area contributed by atoms with Crippen LogP contribution in [0.25, 0.3) is 0 Å². The van der Waals surface area contributed by atoms with Crippen LogP contribution >= 0.6 is 0 Å². The first-order chi connectivity index (χ1) is 13.4. The number of nitro groups is 1. The van der Waals surface area contributed by atoms with Crippen LogP contribution in [0.2, 0.25) is 0 Å². The molecule has 28 heavy (non-hydrogen) atoms. The van der Waals surface area contributed by atoms with E-state index in [0.29, 0.717) is 17.9 Å². The van der Waals surface area contributed by atoms with E-state index < -0.39 is 10.9 Å². The van der Waals surface area contributed by atoms with Gasteiger partial charge in [-0.25, -0.2) is 4.79 Å². The molecular formula is C20H21NO7. The molecule has 2 aromatic rings. The lowest BCUT2D eigenvalue weighted by molar-refractivity contribution is -0.385. The molecule has 1 aliphatic rings. The van der Waals surface area contributed by atoms with Gasteiger partial charge >= 0.3 is 11.7 Å². The van der Waals surface area contributed by atoms with Crippen molar-refractivity contribution in [1.29, 1.82) is 0 Å². The molecule has 0 N–H and O–H groups in total. The second kappa shape index (κ2) is 8.16. The molecule has 2 aromatic carbocycles. The summed E-state index contributed by atoms with van der Waals surface area (Å²) in [7, 11) is 1.33. The highest BCUT2D eigenvalue weighted by molar-refractivity contribution is 5.90. The molecule has 3 rings (SSSR count). The normalized spacial score (nSPS) is 14.8. The quantitative estimate of drug-likeness (QED) is 0.406. The van der Waals surface area contributed by atoms with Crippen LogP contribution in [0.1, 0.15) is 35.3 Å². The molecule has 8 nitrogen and oxygen atoms in total. The minimum atomic E-state index is -0.678. The first-order valence-corrected chi connectivity index (χ1v) is 8.87. The van der Waals surface area contributed by atoms with Gasteiger partial charge in [-0.2, -0.15) is 0 Å². The lowest BCUT2D eigenvalue weighted by Gasteiger charge is -2.13. The molecule has 8 heteroatoms. The Morgan fingerprint density at radius 1 is 1.29 bits per heavy atom. The van der Waals surface area contributed by atoms with Crippen molar-refractivity contribution in [1.82, 2.24) is 0 Å². The van der Waals surface area contributed by atoms with Crippen LogP contribution in [-0.4, -0.2) is 30.7 Å². The maximum atomic E-state index is 12.4. The number of benzene rings is 2. The van der Waals surface area contributed by atoms with Gasteiger partial charge < -0.3 is 18.9 Å². The molecule has 0 aromatic heterocycles. The summed E-state index contributed by atoms with van der Waals surface area (Å²) < 4.78 is 21.7. The van der Waals surface area contributed by atoms with Crippen LogP contribution in [0.3, 0.4) is 0 Å². The molecule has 1 heterocycles. The van der Waals surface area contributed by atoms with E-state index in [1.165, 1.54) is 19.2 Å². The summed E-state index contributed by atoms with van der Waals surface area (Å²) >= 11 is 0. The van der Waals surface area contributed by atoms with Gasteiger partial charge in [-0.15, -0.1) is 0 Å². The van der Waals surface area contributed by atoms with Gasteiger partial charge in [0.25, 0.3) is 0 Å². The number of rotatable bonds is 7. The summed E-state index contributed by atoms with van der Waals surface area (Å²) in [5, 5.41) is 11.1. The molecule has 0 aliphatic carbocycles. The predicted octanol–water partition coefficient (Wildman–Crippen LogP) is 3.68. The molecule has 0 spiro atoms. The van der Waals surface area contributed by atoms with Crippen LogP contribution < -0.4 is 14.2 Å². The van der Waals surface area contributed by atoms with E-state index in [9.17, 15) is 14.9 Å². The molecule has 0 bridgehead atoms. The zero-order valence-corrected chi connectivity index (χ0v) is 15.9. The summed E-state index contributed by atoms with van der Waals surface area (Å²) in [5.74, 6) is 0.780. The maximum absolute atomic E-state index is 12.4. The summed E-state index contributed by atoms with van der Waals surface area (Å²) in [5.41, 5.74) is 1.49. The fourth-order valence-corrected chi connectivity index (χ4v) is 3.07. The van der Waals surface area contributed by atoms with Gasteiger partial charge in [0.1, 0.15) is 24.2 Å². The number of hydrogen-bond donors (Lipinski definition) is 0. The number of hydrogen-bond acceptors (Lipinski definition) is 7. The SMILES string of the molecule is CCOc1cc2c(cc1COC(=O)c1ccc(OC)c([N+](=O)[O-])c1)OC(C)C2. The predicted molar refractivity (Wildman–Crippen MR) is 100 cm³/mol. The van der Waals surface area contributed by atoms with Crippen molar-refractivity contribution in [2.75, 3.05) is 13.7 Å². The summed E-state index contributed by atoms with van der Waals surface area (Å²) in [6.45, 7) is 4.29. The molecule has 0 saturated heterocycles. The van der Waals surface area contributed by atoms with E-state index in [4.69, 9.17) is 18.9 Å². The lowest BCUT2D eigenvalue weighted by Crippen LogP contribution is -2.08. The van der Waals surface area contributed by atoms with E-state index in [0.717, 1.165) is 23.8 Å². The highest BCUT2D eigenvalue weighted by Crippen LogP contribution is 2.35. The molecule has 0 saturated carbocycles. The van der Waals surface area contributed by atoms with Crippen LogP contribution in [0.15, 0.2) is 30.3 Å². The first-order valence-electron chi connectivity index (χ1n) is 8.87. The second-order valence-electron chi connectivity index (χ2n) is 6.35. The Hall–Kier alpha value is -3.29. The average molecular weight is 387 g/mol. The number of fused-ring (bicyclic) bond motifs is 1. The van der Waals surface area contributed by atoms with Crippen molar-refractivity contribution >= 4 is 11.7 Å². The third kappa shape index (κ3) is 4.00. The zero-order valence-electron chi connectivity index (χ0n) is 15.9. The number of carbonyl (C=O) groups excluding carboxylic acids is 1. The first kappa shape index (κ1) is 19.5. The Morgan fingerprint density at radius 2 is 2.07 bits per heavy atom. The number of nitro benzene ring substituents is 1. The standard InChI is InChI=1S/C20H21NO7/c1-4-26-18-9-14-7-12(2)28-19(14)10-15(18)11-27-20(22)13-5-6-17(25-3)16(8-13)21(23)24/h5-6,8-10,12H,4,7,11H2,1-3H3. The van der Waals surface area contributed by atoms with Crippen molar-refractivity contribution in [2.45, 2.75) is 33.0 Å². The number of carbonyl (C=O) groups is 1. The van der Waals surface area contributed by atoms with E-state index in [2.05, 4.69) is 0 Å². The lowest BCUT2D eigenvalue weighted by atomic mass is 10.1. The molecule has 148 valence electrons. The van der Waals surface area contributed by atoms with E-state index in [-0.39, 0.29) is 29.7 Å². The van der Waals surface area contributed by atoms with Crippen LogP contribution in [-0.2, 0) is 17.8 Å². The smallest absolute Gasteiger partial charge is 0.338 e. The molecule has 0 fully saturated rings. The minimum absolute atomic E-state index is 0.0426. The van der Waals surface area contributed by atoms with Gasteiger partial charge in [-0.3, -0.25) is 10.1 Å². The minimum Gasteiger partial charge on any atom is -0.493 e. The summed E-state index contributed by atoms with van der Waals surface area (Å²) in [6, 6.07) is 7.64. The van der Waals surface area contributed by atoms with Gasteiger partial charge in [0.15, 0.2) is 5.75 Å². The van der Waals surface area contributed by atoms with Gasteiger partial charge in [-0.1, -0.05) is 0 Å². The van der Waals surface area contributed by atoms with Crippen molar-refractivity contribution < 1.29 is 28.7 Å². The largest absolute Gasteiger partial charge is 0.493 e. The maximum Gasteiger partial charge on any atom is 0.338 e. The van der Waals surface area contributed by atoms with Gasteiger partial charge in [0.2, 0.25) is 0 Å². The van der Waals surface area contributed by atoms with Crippen LogP contribution in [0.5, 0.6) is 17.2 Å². The van der Waals surface area contributed by atoms with E-state index >= 15 is 0 Å². The fraction of sp³-hybridized carbons (Fsp3) is 0.350. The van der Waals surface area contributed by atoms with Crippen molar-refractivity contribution in [3.63, 3.8) is 0 Å². The van der Waals surface area contributed by atoms with Gasteiger partial charge in [0, 0.05) is 23.6 Å². The average Bonchev–Trinajstić information content (AvgIpc) is 3.04. The molecule has 1 aliphatic heterocycles. The van der Waals surface area contributed by atoms with Crippen molar-refractivity contribution in [2.24, 2.45) is 0 Å². The van der Waals surface area contributed by atoms with E-state index in [1.54, 1.807) is 0 Å².